The lowest BCUT2D eigenvalue weighted by molar-refractivity contribution is -0.165. The third-order valence-electron chi connectivity index (χ3n) is 2.41. The maximum Gasteiger partial charge on any atom is 0.454 e. The molecule has 1 unspecified atom stereocenters. The largest absolute Gasteiger partial charge is 0.500 e. The Bertz CT molecular complexity index is 366. The molecule has 0 aromatic carbocycles. The van der Waals surface area contributed by atoms with Crippen LogP contribution in [0.5, 0.6) is 0 Å². The van der Waals surface area contributed by atoms with Crippen LogP contribution in [0.2, 0.25) is 0 Å². The van der Waals surface area contributed by atoms with Gasteiger partial charge in [0.05, 0.1) is 19.0 Å². The van der Waals surface area contributed by atoms with E-state index < -0.39 is 16.8 Å². The standard InChI is InChI=1S/C12H16BrF3O4/c1-19-9(7-10(17)12(14,15)16)8(13)5-3-4-6-11(18)20-2/h7-8H,3-6H2,1-2H3/b9-7+. The molecule has 0 aliphatic rings. The Morgan fingerprint density at radius 2 is 1.80 bits per heavy atom. The van der Waals surface area contributed by atoms with Crippen LogP contribution in [0.3, 0.4) is 0 Å². The second-order valence-corrected chi connectivity index (χ2v) is 5.01. The fourth-order valence-corrected chi connectivity index (χ4v) is 1.97. The molecule has 0 amide bonds. The molecule has 0 fully saturated rings. The summed E-state index contributed by atoms with van der Waals surface area (Å²) < 4.78 is 45.6. The average molecular weight is 361 g/mol. The third-order valence-corrected chi connectivity index (χ3v) is 3.32. The minimum Gasteiger partial charge on any atom is -0.500 e. The lowest BCUT2D eigenvalue weighted by Gasteiger charge is -2.13. The number of unbranched alkanes of at least 4 members (excludes halogenated alkanes) is 1. The Labute approximate surface area is 123 Å². The van der Waals surface area contributed by atoms with E-state index in [9.17, 15) is 22.8 Å². The Balaban J connectivity index is 4.35. The number of alkyl halides is 4. The van der Waals surface area contributed by atoms with Gasteiger partial charge in [-0.25, -0.2) is 0 Å². The Kier molecular flexibility index (Phi) is 8.52. The van der Waals surface area contributed by atoms with Gasteiger partial charge in [0, 0.05) is 12.5 Å². The van der Waals surface area contributed by atoms with Crippen molar-refractivity contribution in [3.05, 3.63) is 11.8 Å². The van der Waals surface area contributed by atoms with Gasteiger partial charge in [0.2, 0.25) is 0 Å². The van der Waals surface area contributed by atoms with Gasteiger partial charge in [-0.05, 0) is 12.8 Å². The molecule has 20 heavy (non-hydrogen) atoms. The number of allylic oxidation sites excluding steroid dienone is 2. The number of rotatable bonds is 8. The Hall–Kier alpha value is -1.05. The van der Waals surface area contributed by atoms with Crippen molar-refractivity contribution in [2.75, 3.05) is 14.2 Å². The maximum absolute atomic E-state index is 12.1. The summed E-state index contributed by atoms with van der Waals surface area (Å²) in [6.45, 7) is 0. The molecule has 0 rings (SSSR count). The Morgan fingerprint density at radius 3 is 2.25 bits per heavy atom. The SMILES string of the molecule is COC(=O)CCCCC(Br)/C(=C\C(=O)C(F)(F)F)OC. The Morgan fingerprint density at radius 1 is 1.20 bits per heavy atom. The zero-order valence-corrected chi connectivity index (χ0v) is 12.7. The molecule has 0 heterocycles. The van der Waals surface area contributed by atoms with Crippen LogP contribution in [0, 0.1) is 0 Å². The average Bonchev–Trinajstić information content (AvgIpc) is 2.38. The van der Waals surface area contributed by atoms with Gasteiger partial charge >= 0.3 is 12.1 Å². The van der Waals surface area contributed by atoms with Crippen molar-refractivity contribution in [1.29, 1.82) is 0 Å². The fourth-order valence-electron chi connectivity index (χ4n) is 1.33. The van der Waals surface area contributed by atoms with Crippen molar-refractivity contribution < 1.29 is 32.2 Å². The fraction of sp³-hybridized carbons (Fsp3) is 0.667. The van der Waals surface area contributed by atoms with E-state index in [2.05, 4.69) is 20.7 Å². The summed E-state index contributed by atoms with van der Waals surface area (Å²) >= 11 is 3.16. The molecule has 0 N–H and O–H groups in total. The summed E-state index contributed by atoms with van der Waals surface area (Å²) in [6.07, 6.45) is -2.70. The molecular formula is C12H16BrF3O4. The van der Waals surface area contributed by atoms with E-state index in [1.807, 2.05) is 0 Å². The van der Waals surface area contributed by atoms with E-state index >= 15 is 0 Å². The highest BCUT2D eigenvalue weighted by Gasteiger charge is 2.37. The number of carbonyl (C=O) groups excluding carboxylic acids is 2. The van der Waals surface area contributed by atoms with Crippen molar-refractivity contribution in [3.63, 3.8) is 0 Å². The van der Waals surface area contributed by atoms with Crippen molar-refractivity contribution in [2.24, 2.45) is 0 Å². The zero-order chi connectivity index (χ0) is 15.8. The van der Waals surface area contributed by atoms with Crippen LogP contribution >= 0.6 is 15.9 Å². The predicted octanol–water partition coefficient (Wildman–Crippen LogP) is 3.15. The van der Waals surface area contributed by atoms with Crippen LogP contribution in [0.15, 0.2) is 11.8 Å². The van der Waals surface area contributed by atoms with Crippen molar-refractivity contribution in [2.45, 2.75) is 36.7 Å². The van der Waals surface area contributed by atoms with Crippen molar-refractivity contribution >= 4 is 27.7 Å². The number of hydrogen-bond acceptors (Lipinski definition) is 4. The molecule has 8 heteroatoms. The topological polar surface area (TPSA) is 52.6 Å². The maximum atomic E-state index is 12.1. The van der Waals surface area contributed by atoms with Gasteiger partial charge in [0.1, 0.15) is 5.76 Å². The van der Waals surface area contributed by atoms with Crippen molar-refractivity contribution in [3.8, 4) is 0 Å². The quantitative estimate of drug-likeness (QED) is 0.219. The number of carbonyl (C=O) groups is 2. The van der Waals surface area contributed by atoms with Crippen LogP contribution in [-0.2, 0) is 19.1 Å². The normalized spacial score (nSPS) is 13.8. The minimum atomic E-state index is -4.92. The summed E-state index contributed by atoms with van der Waals surface area (Å²) in [5.41, 5.74) is 0. The number of halogens is 4. The van der Waals surface area contributed by atoms with E-state index in [1.165, 1.54) is 14.2 Å². The molecule has 0 aromatic rings. The van der Waals surface area contributed by atoms with Gasteiger partial charge in [-0.15, -0.1) is 0 Å². The van der Waals surface area contributed by atoms with Gasteiger partial charge in [-0.3, -0.25) is 9.59 Å². The molecule has 0 saturated heterocycles. The first-order valence-electron chi connectivity index (χ1n) is 5.80. The molecule has 0 spiro atoms. The van der Waals surface area contributed by atoms with Gasteiger partial charge in [0.15, 0.2) is 0 Å². The van der Waals surface area contributed by atoms with Gasteiger partial charge in [-0.2, -0.15) is 13.2 Å². The number of hydrogen-bond donors (Lipinski definition) is 0. The smallest absolute Gasteiger partial charge is 0.454 e. The highest BCUT2D eigenvalue weighted by atomic mass is 79.9. The summed E-state index contributed by atoms with van der Waals surface area (Å²) in [7, 11) is 2.47. The first-order chi connectivity index (χ1) is 9.22. The number of ketones is 1. The summed E-state index contributed by atoms with van der Waals surface area (Å²) in [4.78, 5) is 21.2. The van der Waals surface area contributed by atoms with Gasteiger partial charge in [0.25, 0.3) is 5.78 Å². The lowest BCUT2D eigenvalue weighted by Crippen LogP contribution is -2.22. The molecule has 0 radical (unpaired) electrons. The highest BCUT2D eigenvalue weighted by molar-refractivity contribution is 9.09. The summed E-state index contributed by atoms with van der Waals surface area (Å²) in [5.74, 6) is -2.40. The van der Waals surface area contributed by atoms with Crippen LogP contribution in [-0.4, -0.2) is 37.0 Å². The minimum absolute atomic E-state index is 0.0922. The predicted molar refractivity (Wildman–Crippen MR) is 69.4 cm³/mol. The molecule has 0 saturated carbocycles. The van der Waals surface area contributed by atoms with E-state index in [-0.39, 0.29) is 18.1 Å². The van der Waals surface area contributed by atoms with Gasteiger partial charge in [-0.1, -0.05) is 22.4 Å². The van der Waals surface area contributed by atoms with Crippen LogP contribution in [0.25, 0.3) is 0 Å². The van der Waals surface area contributed by atoms with E-state index in [0.717, 1.165) is 0 Å². The lowest BCUT2D eigenvalue weighted by atomic mass is 10.1. The number of esters is 1. The zero-order valence-electron chi connectivity index (χ0n) is 11.1. The number of ether oxygens (including phenoxy) is 2. The molecular weight excluding hydrogens is 345 g/mol. The molecule has 0 aliphatic heterocycles. The van der Waals surface area contributed by atoms with E-state index in [4.69, 9.17) is 4.74 Å². The second-order valence-electron chi connectivity index (χ2n) is 3.90. The molecule has 0 aromatic heterocycles. The van der Waals surface area contributed by atoms with Crippen LogP contribution in [0.1, 0.15) is 25.7 Å². The summed E-state index contributed by atoms with van der Waals surface area (Å²) in [6, 6.07) is 0. The molecule has 4 nitrogen and oxygen atoms in total. The van der Waals surface area contributed by atoms with E-state index in [0.29, 0.717) is 25.3 Å². The van der Waals surface area contributed by atoms with Crippen LogP contribution in [0.4, 0.5) is 13.2 Å². The molecule has 116 valence electrons. The monoisotopic (exact) mass is 360 g/mol. The van der Waals surface area contributed by atoms with Crippen molar-refractivity contribution in [1.82, 2.24) is 0 Å². The highest BCUT2D eigenvalue weighted by Crippen LogP contribution is 2.23. The summed E-state index contributed by atoms with van der Waals surface area (Å²) in [5, 5.41) is 0. The van der Waals surface area contributed by atoms with Gasteiger partial charge < -0.3 is 9.47 Å². The number of methoxy groups -OCH3 is 2. The third kappa shape index (κ3) is 7.52. The molecule has 0 aliphatic carbocycles. The first-order valence-corrected chi connectivity index (χ1v) is 6.71. The van der Waals surface area contributed by atoms with E-state index in [1.54, 1.807) is 0 Å². The first kappa shape index (κ1) is 18.9. The van der Waals surface area contributed by atoms with Crippen LogP contribution < -0.4 is 0 Å². The second kappa shape index (κ2) is 8.99. The molecule has 1 atom stereocenters. The molecule has 0 bridgehead atoms.